The number of ether oxygens (including phenoxy) is 2. The normalized spacial score (nSPS) is 21.3. The van der Waals surface area contributed by atoms with Gasteiger partial charge in [-0.1, -0.05) is 30.3 Å². The number of benzene rings is 2. The zero-order chi connectivity index (χ0) is 23.9. The molecule has 0 unspecified atom stereocenters. The smallest absolute Gasteiger partial charge is 0.237 e. The van der Waals surface area contributed by atoms with Crippen molar-refractivity contribution in [1.29, 1.82) is 0 Å². The van der Waals surface area contributed by atoms with Crippen LogP contribution >= 0.6 is 0 Å². The summed E-state index contributed by atoms with van der Waals surface area (Å²) in [6, 6.07) is 17.8. The summed E-state index contributed by atoms with van der Waals surface area (Å²) in [6.45, 7) is 2.18. The van der Waals surface area contributed by atoms with E-state index < -0.39 is 0 Å². The van der Waals surface area contributed by atoms with Crippen LogP contribution in [-0.2, 0) is 16.0 Å². The molecule has 0 aliphatic carbocycles. The second kappa shape index (κ2) is 11.4. The molecule has 2 aliphatic rings. The molecule has 34 heavy (non-hydrogen) atoms. The van der Waals surface area contributed by atoms with Crippen LogP contribution < -0.4 is 14.8 Å². The molecule has 0 bridgehead atoms. The van der Waals surface area contributed by atoms with E-state index in [1.54, 1.807) is 14.2 Å². The molecule has 0 spiro atoms. The van der Waals surface area contributed by atoms with Gasteiger partial charge < -0.3 is 19.7 Å². The Morgan fingerprint density at radius 2 is 1.71 bits per heavy atom. The summed E-state index contributed by atoms with van der Waals surface area (Å²) in [6.07, 6.45) is 3.64. The van der Waals surface area contributed by atoms with Gasteiger partial charge in [-0.15, -0.1) is 0 Å². The molecule has 0 radical (unpaired) electrons. The third-order valence-corrected chi connectivity index (χ3v) is 6.97. The van der Waals surface area contributed by atoms with Gasteiger partial charge in [0.1, 0.15) is 17.6 Å². The van der Waals surface area contributed by atoms with Gasteiger partial charge in [-0.2, -0.15) is 0 Å². The topological polar surface area (TPSA) is 71.1 Å². The third kappa shape index (κ3) is 5.89. The zero-order valence-electron chi connectivity index (χ0n) is 20.1. The minimum Gasteiger partial charge on any atom is -0.497 e. The van der Waals surface area contributed by atoms with Crippen LogP contribution in [0, 0.1) is 0 Å². The number of amides is 2. The van der Waals surface area contributed by atoms with Gasteiger partial charge in [0.2, 0.25) is 11.8 Å². The highest BCUT2D eigenvalue weighted by atomic mass is 16.5. The fraction of sp³-hybridized carbons (Fsp3) is 0.481. The van der Waals surface area contributed by atoms with Gasteiger partial charge in [0.05, 0.1) is 13.2 Å². The van der Waals surface area contributed by atoms with Crippen LogP contribution in [-0.4, -0.2) is 73.6 Å². The summed E-state index contributed by atoms with van der Waals surface area (Å²) in [5.41, 5.74) is 1.14. The Kier molecular flexibility index (Phi) is 8.06. The van der Waals surface area contributed by atoms with Crippen molar-refractivity contribution in [3.05, 3.63) is 60.2 Å². The zero-order valence-corrected chi connectivity index (χ0v) is 20.1. The molecule has 4 rings (SSSR count). The van der Waals surface area contributed by atoms with Crippen LogP contribution in [0.4, 0.5) is 0 Å². The predicted octanol–water partition coefficient (Wildman–Crippen LogP) is 2.89. The van der Waals surface area contributed by atoms with Crippen molar-refractivity contribution in [3.8, 4) is 11.5 Å². The molecule has 2 amide bonds. The van der Waals surface area contributed by atoms with E-state index in [1.165, 1.54) is 0 Å². The number of likely N-dealkylation sites (N-methyl/N-ethyl adjacent to an activating group) is 1. The Bertz CT molecular complexity index is 942. The summed E-state index contributed by atoms with van der Waals surface area (Å²) in [7, 11) is 3.34. The number of carbonyl (C=O) groups excluding carboxylic acids is 2. The Morgan fingerprint density at radius 3 is 2.35 bits per heavy atom. The second-order valence-electron chi connectivity index (χ2n) is 9.08. The summed E-state index contributed by atoms with van der Waals surface area (Å²) in [4.78, 5) is 29.7. The first-order valence-corrected chi connectivity index (χ1v) is 12.2. The van der Waals surface area contributed by atoms with Gasteiger partial charge in [-0.3, -0.25) is 14.5 Å². The van der Waals surface area contributed by atoms with E-state index in [4.69, 9.17) is 9.47 Å². The number of carbonyl (C=O) groups is 2. The molecule has 2 fully saturated rings. The van der Waals surface area contributed by atoms with Crippen molar-refractivity contribution in [1.82, 2.24) is 15.1 Å². The number of para-hydroxylation sites is 1. The van der Waals surface area contributed by atoms with E-state index in [1.807, 2.05) is 59.5 Å². The average molecular weight is 466 g/mol. The lowest BCUT2D eigenvalue weighted by molar-refractivity contribution is -0.133. The average Bonchev–Trinajstić information content (AvgIpc) is 3.31. The molecule has 2 aromatic rings. The lowest BCUT2D eigenvalue weighted by Gasteiger charge is -2.38. The number of hydrogen-bond acceptors (Lipinski definition) is 5. The molecule has 2 aliphatic heterocycles. The van der Waals surface area contributed by atoms with E-state index >= 15 is 0 Å². The SMILES string of the molecule is CNC(=O)[C@@H]1C[C@H](Oc2ccccc2)CN1C1CCN(C(=O)CCc2ccc(OC)cc2)CC1. The van der Waals surface area contributed by atoms with Crippen LogP contribution in [0.1, 0.15) is 31.2 Å². The van der Waals surface area contributed by atoms with E-state index in [-0.39, 0.29) is 30.0 Å². The fourth-order valence-corrected chi connectivity index (χ4v) is 5.07. The van der Waals surface area contributed by atoms with Crippen molar-refractivity contribution in [3.63, 3.8) is 0 Å². The predicted molar refractivity (Wildman–Crippen MR) is 131 cm³/mol. The van der Waals surface area contributed by atoms with E-state index in [0.717, 1.165) is 56.0 Å². The molecule has 2 saturated heterocycles. The highest BCUT2D eigenvalue weighted by Gasteiger charge is 2.42. The maximum Gasteiger partial charge on any atom is 0.237 e. The molecule has 1 N–H and O–H groups in total. The van der Waals surface area contributed by atoms with Gasteiger partial charge in [0.25, 0.3) is 0 Å². The Morgan fingerprint density at radius 1 is 1.00 bits per heavy atom. The number of likely N-dealkylation sites (tertiary alicyclic amines) is 2. The highest BCUT2D eigenvalue weighted by Crippen LogP contribution is 2.29. The largest absolute Gasteiger partial charge is 0.497 e. The molecule has 182 valence electrons. The molecule has 2 atom stereocenters. The van der Waals surface area contributed by atoms with Crippen LogP contribution in [0.15, 0.2) is 54.6 Å². The van der Waals surface area contributed by atoms with Gasteiger partial charge >= 0.3 is 0 Å². The number of hydrogen-bond donors (Lipinski definition) is 1. The number of methoxy groups -OCH3 is 1. The van der Waals surface area contributed by atoms with Gasteiger partial charge in [-0.05, 0) is 49.1 Å². The lowest BCUT2D eigenvalue weighted by Crippen LogP contribution is -2.51. The van der Waals surface area contributed by atoms with E-state index in [9.17, 15) is 9.59 Å². The number of nitrogens with one attached hydrogen (secondary N) is 1. The number of nitrogens with zero attached hydrogens (tertiary/aromatic N) is 2. The molecule has 2 heterocycles. The molecular formula is C27H35N3O4. The third-order valence-electron chi connectivity index (χ3n) is 6.97. The molecule has 0 saturated carbocycles. The van der Waals surface area contributed by atoms with Crippen LogP contribution in [0.3, 0.4) is 0 Å². The minimum atomic E-state index is -0.193. The number of aryl methyl sites for hydroxylation is 1. The minimum absolute atomic E-state index is 0.0196. The van der Waals surface area contributed by atoms with Crippen LogP contribution in [0.5, 0.6) is 11.5 Å². The van der Waals surface area contributed by atoms with Gasteiger partial charge in [0, 0.05) is 45.6 Å². The first-order chi connectivity index (χ1) is 16.6. The molecular weight excluding hydrogens is 430 g/mol. The van der Waals surface area contributed by atoms with Gasteiger partial charge in [0.15, 0.2) is 0 Å². The first-order valence-electron chi connectivity index (χ1n) is 12.2. The monoisotopic (exact) mass is 465 g/mol. The van der Waals surface area contributed by atoms with E-state index in [0.29, 0.717) is 12.8 Å². The summed E-state index contributed by atoms with van der Waals surface area (Å²) in [5.74, 6) is 1.90. The maximum atomic E-state index is 12.8. The number of rotatable bonds is 8. The van der Waals surface area contributed by atoms with Gasteiger partial charge in [-0.25, -0.2) is 0 Å². The molecule has 0 aromatic heterocycles. The summed E-state index contributed by atoms with van der Waals surface area (Å²) in [5, 5.41) is 2.82. The van der Waals surface area contributed by atoms with Crippen molar-refractivity contribution in [2.75, 3.05) is 33.8 Å². The van der Waals surface area contributed by atoms with Crippen molar-refractivity contribution < 1.29 is 19.1 Å². The number of piperidine rings is 1. The molecule has 7 heteroatoms. The van der Waals surface area contributed by atoms with Crippen molar-refractivity contribution in [2.45, 2.75) is 50.3 Å². The molecule has 2 aromatic carbocycles. The summed E-state index contributed by atoms with van der Waals surface area (Å²) < 4.78 is 11.4. The lowest BCUT2D eigenvalue weighted by atomic mass is 10.0. The summed E-state index contributed by atoms with van der Waals surface area (Å²) >= 11 is 0. The van der Waals surface area contributed by atoms with Crippen LogP contribution in [0.25, 0.3) is 0 Å². The van der Waals surface area contributed by atoms with Crippen LogP contribution in [0.2, 0.25) is 0 Å². The maximum absolute atomic E-state index is 12.8. The van der Waals surface area contributed by atoms with Crippen molar-refractivity contribution in [2.24, 2.45) is 0 Å². The quantitative estimate of drug-likeness (QED) is 0.649. The second-order valence-corrected chi connectivity index (χ2v) is 9.08. The Hall–Kier alpha value is -3.06. The van der Waals surface area contributed by atoms with E-state index in [2.05, 4.69) is 10.2 Å². The Labute approximate surface area is 202 Å². The molecule has 7 nitrogen and oxygen atoms in total. The van der Waals surface area contributed by atoms with Crippen molar-refractivity contribution >= 4 is 11.8 Å². The highest BCUT2D eigenvalue weighted by molar-refractivity contribution is 5.82. The Balaban J connectivity index is 1.29. The first kappa shape index (κ1) is 24.1. The fourth-order valence-electron chi connectivity index (χ4n) is 5.07. The standard InChI is InChI=1S/C27H35N3O4/c1-28-27(32)25-18-24(34-23-6-4-3-5-7-23)19-30(25)21-14-16-29(17-15-21)26(31)13-10-20-8-11-22(33-2)12-9-20/h3-9,11-12,21,24-25H,10,13-19H2,1-2H3,(H,28,32)/t24-,25-/m0/s1.